The summed E-state index contributed by atoms with van der Waals surface area (Å²) in [7, 11) is 1.38. The van der Waals surface area contributed by atoms with Crippen molar-refractivity contribution in [2.75, 3.05) is 23.4 Å². The zero-order chi connectivity index (χ0) is 25.7. The number of hydrogen-bond acceptors (Lipinski definition) is 6. The van der Waals surface area contributed by atoms with Crippen LogP contribution in [0, 0.1) is 5.82 Å². The molecule has 0 bridgehead atoms. The van der Waals surface area contributed by atoms with E-state index in [9.17, 15) is 32.3 Å². The van der Waals surface area contributed by atoms with E-state index in [1.54, 1.807) is 11.9 Å². The Morgan fingerprint density at radius 1 is 1.17 bits per heavy atom. The Morgan fingerprint density at radius 2 is 1.83 bits per heavy atom. The number of hydrogen-bond donors (Lipinski definition) is 2. The molecular weight excluding hydrogens is 470 g/mol. The molecule has 1 fully saturated rings. The minimum absolute atomic E-state index is 0.0620. The summed E-state index contributed by atoms with van der Waals surface area (Å²) in [5.74, 6) is -1.30. The van der Waals surface area contributed by atoms with Gasteiger partial charge in [0.15, 0.2) is 5.82 Å². The van der Waals surface area contributed by atoms with E-state index in [0.717, 1.165) is 10.7 Å². The van der Waals surface area contributed by atoms with Crippen LogP contribution < -0.4 is 21.4 Å². The van der Waals surface area contributed by atoms with Gasteiger partial charge in [0.1, 0.15) is 5.82 Å². The van der Waals surface area contributed by atoms with Gasteiger partial charge in [-0.3, -0.25) is 9.59 Å². The van der Waals surface area contributed by atoms with Gasteiger partial charge >= 0.3 is 6.18 Å². The summed E-state index contributed by atoms with van der Waals surface area (Å²) in [5.41, 5.74) is -3.43. The van der Waals surface area contributed by atoms with Crippen molar-refractivity contribution in [1.29, 1.82) is 0 Å². The molecule has 0 unspecified atom stereocenters. The fraction of sp³-hybridized carbons (Fsp3) is 0.435. The van der Waals surface area contributed by atoms with E-state index in [1.165, 1.54) is 37.0 Å². The van der Waals surface area contributed by atoms with Crippen LogP contribution in [0.3, 0.4) is 0 Å². The van der Waals surface area contributed by atoms with Crippen molar-refractivity contribution in [2.45, 2.75) is 44.5 Å². The van der Waals surface area contributed by atoms with Crippen molar-refractivity contribution in [3.05, 3.63) is 68.1 Å². The number of aromatic nitrogens is 3. The van der Waals surface area contributed by atoms with Crippen LogP contribution in [0.4, 0.5) is 23.4 Å². The maximum atomic E-state index is 14.7. The summed E-state index contributed by atoms with van der Waals surface area (Å²) in [6, 6.07) is 3.25. The number of benzene rings is 1. The molecule has 1 aromatic carbocycles. The van der Waals surface area contributed by atoms with Gasteiger partial charge < -0.3 is 15.4 Å². The smallest absolute Gasteiger partial charge is 0.390 e. The first-order valence-corrected chi connectivity index (χ1v) is 11.0. The average Bonchev–Trinajstić information content (AvgIpc) is 2.76. The lowest BCUT2D eigenvalue weighted by molar-refractivity contribution is -0.140. The van der Waals surface area contributed by atoms with Crippen molar-refractivity contribution >= 4 is 16.6 Å². The maximum absolute atomic E-state index is 14.7. The van der Waals surface area contributed by atoms with Gasteiger partial charge in [-0.2, -0.15) is 18.3 Å². The van der Waals surface area contributed by atoms with Gasteiger partial charge in [0.25, 0.3) is 11.1 Å². The van der Waals surface area contributed by atoms with E-state index >= 15 is 0 Å². The Kier molecular flexibility index (Phi) is 6.12. The molecule has 2 aromatic heterocycles. The summed E-state index contributed by atoms with van der Waals surface area (Å²) in [6.07, 6.45) is -2.55. The number of halogens is 4. The first kappa shape index (κ1) is 24.7. The van der Waals surface area contributed by atoms with Gasteiger partial charge in [-0.25, -0.2) is 13.7 Å². The third-order valence-corrected chi connectivity index (χ3v) is 6.34. The highest BCUT2D eigenvalue weighted by Gasteiger charge is 2.35. The number of aliphatic hydroxyl groups is 1. The number of fused-ring (bicyclic) bond motifs is 1. The highest BCUT2D eigenvalue weighted by Crippen LogP contribution is 2.34. The van der Waals surface area contributed by atoms with Gasteiger partial charge in [-0.05, 0) is 32.8 Å². The second-order valence-electron chi connectivity index (χ2n) is 9.08. The number of nitrogens with zero attached hydrogens (tertiary/aromatic N) is 4. The fourth-order valence-electron chi connectivity index (χ4n) is 4.22. The monoisotopic (exact) mass is 495 g/mol. The summed E-state index contributed by atoms with van der Waals surface area (Å²) >= 11 is 0. The molecule has 4 rings (SSSR count). The van der Waals surface area contributed by atoms with Gasteiger partial charge in [0.2, 0.25) is 0 Å². The molecule has 0 spiro atoms. The second-order valence-corrected chi connectivity index (χ2v) is 9.08. The van der Waals surface area contributed by atoms with Crippen LogP contribution in [-0.2, 0) is 13.2 Å². The van der Waals surface area contributed by atoms with Crippen LogP contribution in [0.25, 0.3) is 10.8 Å². The van der Waals surface area contributed by atoms with Crippen molar-refractivity contribution in [3.8, 4) is 0 Å². The molecule has 0 radical (unpaired) electrons. The van der Waals surface area contributed by atoms with E-state index < -0.39 is 40.3 Å². The Morgan fingerprint density at radius 3 is 2.46 bits per heavy atom. The number of anilines is 1. The first-order chi connectivity index (χ1) is 16.3. The standard InChI is InChI=1S/C23H25F4N5O3/c1-13(14-5-4-6-17(19(14)24)23(25,26)27)28-20-16-12-32(31-9-7-22(2,35)8-10-31)18(33)11-15(16)21(34)30(3)29-20/h4-6,11-13,35H,7-10H2,1-3H3,(H,28,29)/t13-/m1/s1. The van der Waals surface area contributed by atoms with Crippen molar-refractivity contribution < 1.29 is 22.7 Å². The lowest BCUT2D eigenvalue weighted by atomic mass is 9.95. The van der Waals surface area contributed by atoms with Gasteiger partial charge in [-0.1, -0.05) is 12.1 Å². The van der Waals surface area contributed by atoms with Crippen molar-refractivity contribution in [3.63, 3.8) is 0 Å². The third-order valence-electron chi connectivity index (χ3n) is 6.34. The predicted octanol–water partition coefficient (Wildman–Crippen LogP) is 2.91. The lowest BCUT2D eigenvalue weighted by Gasteiger charge is -2.37. The molecule has 12 heteroatoms. The number of piperidine rings is 1. The van der Waals surface area contributed by atoms with Crippen LogP contribution in [0.5, 0.6) is 0 Å². The van der Waals surface area contributed by atoms with E-state index in [1.807, 2.05) is 0 Å². The maximum Gasteiger partial charge on any atom is 0.419 e. The van der Waals surface area contributed by atoms with E-state index in [0.29, 0.717) is 32.0 Å². The molecule has 0 aliphatic carbocycles. The molecule has 35 heavy (non-hydrogen) atoms. The second kappa shape index (κ2) is 8.67. The minimum atomic E-state index is -4.85. The highest BCUT2D eigenvalue weighted by molar-refractivity contribution is 5.90. The Bertz CT molecular complexity index is 1390. The van der Waals surface area contributed by atoms with Gasteiger partial charge in [-0.15, -0.1) is 0 Å². The quantitative estimate of drug-likeness (QED) is 0.541. The van der Waals surface area contributed by atoms with E-state index in [-0.39, 0.29) is 22.2 Å². The molecule has 3 aromatic rings. The number of nitrogens with one attached hydrogen (secondary N) is 1. The summed E-state index contributed by atoms with van der Waals surface area (Å²) in [5, 5.41) is 19.3. The topological polar surface area (TPSA) is 92.4 Å². The first-order valence-electron chi connectivity index (χ1n) is 11.0. The predicted molar refractivity (Wildman–Crippen MR) is 122 cm³/mol. The molecule has 188 valence electrons. The molecule has 0 saturated carbocycles. The number of aryl methyl sites for hydroxylation is 1. The molecule has 1 aliphatic rings. The van der Waals surface area contributed by atoms with Crippen LogP contribution in [0.2, 0.25) is 0 Å². The van der Waals surface area contributed by atoms with Gasteiger partial charge in [0, 0.05) is 38.0 Å². The largest absolute Gasteiger partial charge is 0.419 e. The van der Waals surface area contributed by atoms with Crippen molar-refractivity contribution in [2.24, 2.45) is 7.05 Å². The van der Waals surface area contributed by atoms with Crippen LogP contribution in [0.15, 0.2) is 40.1 Å². The zero-order valence-electron chi connectivity index (χ0n) is 19.4. The number of rotatable bonds is 4. The Hall–Kier alpha value is -3.41. The third kappa shape index (κ3) is 4.75. The summed E-state index contributed by atoms with van der Waals surface area (Å²) in [4.78, 5) is 25.5. The highest BCUT2D eigenvalue weighted by atomic mass is 19.4. The SMILES string of the molecule is C[C@@H](Nc1nn(C)c(=O)c2cc(=O)n(N3CCC(C)(O)CC3)cc12)c1cccc(C(F)(F)F)c1F. The molecule has 8 nitrogen and oxygen atoms in total. The molecular formula is C23H25F4N5O3. The average molecular weight is 495 g/mol. The summed E-state index contributed by atoms with van der Waals surface area (Å²) in [6.45, 7) is 3.98. The normalized spacial score (nSPS) is 17.0. The fourth-order valence-corrected chi connectivity index (χ4v) is 4.22. The number of pyridine rings is 1. The van der Waals surface area contributed by atoms with E-state index in [2.05, 4.69) is 10.4 Å². The molecule has 1 saturated heterocycles. The molecule has 0 amide bonds. The molecule has 1 atom stereocenters. The Labute approximate surface area is 197 Å². The summed E-state index contributed by atoms with van der Waals surface area (Å²) < 4.78 is 56.5. The zero-order valence-corrected chi connectivity index (χ0v) is 19.4. The lowest BCUT2D eigenvalue weighted by Crippen LogP contribution is -2.51. The Balaban J connectivity index is 1.77. The van der Waals surface area contributed by atoms with Crippen molar-refractivity contribution in [1.82, 2.24) is 14.5 Å². The van der Waals surface area contributed by atoms with Crippen LogP contribution in [0.1, 0.15) is 43.9 Å². The van der Waals surface area contributed by atoms with Crippen LogP contribution >= 0.6 is 0 Å². The molecule has 1 aliphatic heterocycles. The number of alkyl halides is 3. The molecule has 3 heterocycles. The van der Waals surface area contributed by atoms with Gasteiger partial charge in [0.05, 0.1) is 28.0 Å². The van der Waals surface area contributed by atoms with Crippen LogP contribution in [-0.4, -0.2) is 38.3 Å². The minimum Gasteiger partial charge on any atom is -0.390 e. The van der Waals surface area contributed by atoms with E-state index in [4.69, 9.17) is 0 Å². The molecule has 2 N–H and O–H groups in total.